The molecule has 1 rings (SSSR count). The first-order valence-electron chi connectivity index (χ1n) is 5.86. The second-order valence-corrected chi connectivity index (χ2v) is 5.92. The number of nitrogens with two attached hydrogens (primary N) is 1. The fourth-order valence-corrected chi connectivity index (χ4v) is 1.93. The molecule has 2 atom stereocenters. The minimum atomic E-state index is 0.431. The molecule has 2 N–H and O–H groups in total. The molecule has 0 spiro atoms. The smallest absolute Gasteiger partial charge is 0.00223 e. The molecule has 0 bridgehead atoms. The molecule has 1 saturated heterocycles. The lowest BCUT2D eigenvalue weighted by Crippen LogP contribution is -2.33. The summed E-state index contributed by atoms with van der Waals surface area (Å²) in [5.41, 5.74) is 6.12. The highest BCUT2D eigenvalue weighted by molar-refractivity contribution is 4.80. The average Bonchev–Trinajstić information content (AvgIpc) is 2.50. The van der Waals surface area contributed by atoms with E-state index < -0.39 is 0 Å². The van der Waals surface area contributed by atoms with Crippen LogP contribution in [0.5, 0.6) is 0 Å². The van der Waals surface area contributed by atoms with E-state index in [2.05, 4.69) is 32.6 Å². The Bertz CT molecular complexity index is 172. The largest absolute Gasteiger partial charge is 0.330 e. The van der Waals surface area contributed by atoms with Gasteiger partial charge in [0.15, 0.2) is 0 Å². The van der Waals surface area contributed by atoms with Crippen molar-refractivity contribution in [1.29, 1.82) is 0 Å². The molecule has 14 heavy (non-hydrogen) atoms. The third kappa shape index (κ3) is 3.25. The molecule has 0 aromatic heterocycles. The summed E-state index contributed by atoms with van der Waals surface area (Å²) >= 11 is 0. The molecule has 2 heteroatoms. The lowest BCUT2D eigenvalue weighted by Gasteiger charge is -2.31. The van der Waals surface area contributed by atoms with Gasteiger partial charge in [0.1, 0.15) is 0 Å². The maximum atomic E-state index is 5.69. The molecule has 0 amide bonds. The van der Waals surface area contributed by atoms with Crippen molar-refractivity contribution in [3.8, 4) is 0 Å². The van der Waals surface area contributed by atoms with Crippen LogP contribution in [0.15, 0.2) is 0 Å². The molecule has 0 radical (unpaired) electrons. The summed E-state index contributed by atoms with van der Waals surface area (Å²) in [4.78, 5) is 2.58. The van der Waals surface area contributed by atoms with Crippen LogP contribution in [0, 0.1) is 17.3 Å². The molecule has 1 aliphatic heterocycles. The molecule has 1 aliphatic rings. The summed E-state index contributed by atoms with van der Waals surface area (Å²) in [6, 6.07) is 0. The van der Waals surface area contributed by atoms with Crippen molar-refractivity contribution < 1.29 is 0 Å². The summed E-state index contributed by atoms with van der Waals surface area (Å²) in [5, 5.41) is 0. The van der Waals surface area contributed by atoms with Gasteiger partial charge < -0.3 is 10.6 Å². The van der Waals surface area contributed by atoms with Crippen molar-refractivity contribution in [3.63, 3.8) is 0 Å². The molecule has 1 heterocycles. The Morgan fingerprint density at radius 1 is 1.43 bits per heavy atom. The van der Waals surface area contributed by atoms with Gasteiger partial charge >= 0.3 is 0 Å². The van der Waals surface area contributed by atoms with Crippen LogP contribution >= 0.6 is 0 Å². The van der Waals surface area contributed by atoms with Gasteiger partial charge in [-0.25, -0.2) is 0 Å². The number of likely N-dealkylation sites (tertiary alicyclic amines) is 1. The highest BCUT2D eigenvalue weighted by Gasteiger charge is 2.26. The van der Waals surface area contributed by atoms with E-state index >= 15 is 0 Å². The Morgan fingerprint density at radius 2 is 2.07 bits per heavy atom. The quantitative estimate of drug-likeness (QED) is 0.751. The third-order valence-corrected chi connectivity index (χ3v) is 3.71. The fourth-order valence-electron chi connectivity index (χ4n) is 1.93. The van der Waals surface area contributed by atoms with Crippen molar-refractivity contribution in [2.45, 2.75) is 34.1 Å². The fraction of sp³-hybridized carbons (Fsp3) is 1.00. The Morgan fingerprint density at radius 3 is 2.50 bits per heavy atom. The minimum absolute atomic E-state index is 0.431. The van der Waals surface area contributed by atoms with Gasteiger partial charge in [0.05, 0.1) is 0 Å². The molecule has 1 fully saturated rings. The van der Waals surface area contributed by atoms with E-state index in [-0.39, 0.29) is 0 Å². The normalized spacial score (nSPS) is 26.8. The lowest BCUT2D eigenvalue weighted by molar-refractivity contribution is 0.179. The van der Waals surface area contributed by atoms with Gasteiger partial charge in [0.2, 0.25) is 0 Å². The Hall–Kier alpha value is -0.0800. The van der Waals surface area contributed by atoms with Gasteiger partial charge in [-0.2, -0.15) is 0 Å². The van der Waals surface area contributed by atoms with Crippen molar-refractivity contribution in [1.82, 2.24) is 4.90 Å². The van der Waals surface area contributed by atoms with E-state index in [1.54, 1.807) is 0 Å². The van der Waals surface area contributed by atoms with E-state index in [0.717, 1.165) is 18.4 Å². The van der Waals surface area contributed by atoms with Gasteiger partial charge in [0.25, 0.3) is 0 Å². The van der Waals surface area contributed by atoms with Crippen LogP contribution in [-0.2, 0) is 0 Å². The van der Waals surface area contributed by atoms with E-state index in [1.165, 1.54) is 26.1 Å². The van der Waals surface area contributed by atoms with Crippen LogP contribution in [0.4, 0.5) is 0 Å². The first kappa shape index (κ1) is 12.0. The Kier molecular flexibility index (Phi) is 3.96. The van der Waals surface area contributed by atoms with Crippen molar-refractivity contribution >= 4 is 0 Å². The van der Waals surface area contributed by atoms with Crippen molar-refractivity contribution in [2.75, 3.05) is 26.2 Å². The molecule has 2 nitrogen and oxygen atoms in total. The van der Waals surface area contributed by atoms with Gasteiger partial charge in [0, 0.05) is 13.1 Å². The Balaban J connectivity index is 2.32. The number of hydrogen-bond acceptors (Lipinski definition) is 2. The lowest BCUT2D eigenvalue weighted by atomic mass is 9.82. The molecular weight excluding hydrogens is 172 g/mol. The van der Waals surface area contributed by atoms with Crippen LogP contribution in [0.2, 0.25) is 0 Å². The van der Waals surface area contributed by atoms with Gasteiger partial charge in [-0.1, -0.05) is 27.7 Å². The molecule has 0 aliphatic carbocycles. The first-order chi connectivity index (χ1) is 6.43. The predicted molar refractivity (Wildman–Crippen MR) is 62.2 cm³/mol. The van der Waals surface area contributed by atoms with Crippen molar-refractivity contribution in [3.05, 3.63) is 0 Å². The van der Waals surface area contributed by atoms with Crippen molar-refractivity contribution in [2.24, 2.45) is 23.0 Å². The van der Waals surface area contributed by atoms with E-state index in [0.29, 0.717) is 5.41 Å². The maximum absolute atomic E-state index is 5.69. The monoisotopic (exact) mass is 198 g/mol. The third-order valence-electron chi connectivity index (χ3n) is 3.71. The summed E-state index contributed by atoms with van der Waals surface area (Å²) in [5.74, 6) is 1.51. The zero-order valence-corrected chi connectivity index (χ0v) is 10.2. The average molecular weight is 198 g/mol. The van der Waals surface area contributed by atoms with Crippen LogP contribution < -0.4 is 5.73 Å². The summed E-state index contributed by atoms with van der Waals surface area (Å²) in [7, 11) is 0. The van der Waals surface area contributed by atoms with Crippen LogP contribution in [-0.4, -0.2) is 31.1 Å². The predicted octanol–water partition coefficient (Wildman–Crippen LogP) is 1.95. The number of hydrogen-bond donors (Lipinski definition) is 1. The van der Waals surface area contributed by atoms with Gasteiger partial charge in [-0.15, -0.1) is 0 Å². The topological polar surface area (TPSA) is 29.3 Å². The number of nitrogens with zero attached hydrogens (tertiary/aromatic N) is 1. The molecule has 0 aromatic carbocycles. The second-order valence-electron chi connectivity index (χ2n) is 5.92. The van der Waals surface area contributed by atoms with E-state index in [9.17, 15) is 0 Å². The van der Waals surface area contributed by atoms with Crippen LogP contribution in [0.3, 0.4) is 0 Å². The highest BCUT2D eigenvalue weighted by Crippen LogP contribution is 2.27. The molecule has 84 valence electrons. The standard InChI is InChI=1S/C12H26N2/c1-10(12(2,3)4)8-14-6-5-11(7-13)9-14/h10-11H,5-9,13H2,1-4H3. The number of rotatable bonds is 3. The van der Waals surface area contributed by atoms with E-state index in [1.807, 2.05) is 0 Å². The zero-order chi connectivity index (χ0) is 10.8. The van der Waals surface area contributed by atoms with Gasteiger partial charge in [-0.3, -0.25) is 0 Å². The minimum Gasteiger partial charge on any atom is -0.330 e. The molecule has 0 aromatic rings. The van der Waals surface area contributed by atoms with E-state index in [4.69, 9.17) is 5.73 Å². The molecule has 2 unspecified atom stereocenters. The van der Waals surface area contributed by atoms with Gasteiger partial charge in [-0.05, 0) is 36.8 Å². The van der Waals surface area contributed by atoms with Crippen LogP contribution in [0.1, 0.15) is 34.1 Å². The molecule has 0 saturated carbocycles. The summed E-state index contributed by atoms with van der Waals surface area (Å²) < 4.78 is 0. The maximum Gasteiger partial charge on any atom is 0.00223 e. The first-order valence-corrected chi connectivity index (χ1v) is 5.86. The Labute approximate surface area is 88.8 Å². The molecular formula is C12H26N2. The second kappa shape index (κ2) is 4.63. The summed E-state index contributed by atoms with van der Waals surface area (Å²) in [6.45, 7) is 13.9. The summed E-state index contributed by atoms with van der Waals surface area (Å²) in [6.07, 6.45) is 1.30. The SMILES string of the molecule is CC(CN1CCC(CN)C1)C(C)(C)C. The van der Waals surface area contributed by atoms with Crippen LogP contribution in [0.25, 0.3) is 0 Å². The highest BCUT2D eigenvalue weighted by atomic mass is 15.1. The zero-order valence-electron chi connectivity index (χ0n) is 10.2.